The number of fused-ring (bicyclic) bond motifs is 11. The van der Waals surface area contributed by atoms with E-state index in [-0.39, 0.29) is 11.5 Å². The Balaban J connectivity index is 0.993. The summed E-state index contributed by atoms with van der Waals surface area (Å²) in [5, 5.41) is 0.393. The van der Waals surface area contributed by atoms with Crippen molar-refractivity contribution in [2.45, 2.75) is 66.5 Å². The second-order valence-electron chi connectivity index (χ2n) is 17.9. The van der Waals surface area contributed by atoms with Crippen molar-refractivity contribution in [1.29, 1.82) is 0 Å². The van der Waals surface area contributed by atoms with E-state index >= 15 is 0 Å². The molecule has 2 nitrogen and oxygen atoms in total. The standard InChI is InChI=1S/C57H48N2S/c1-57(2)51-24-11-8-19-45(51)46-33-31-41(36-52(46)57)58(39-29-27-37(28-30-39)42-22-14-23-49-48-21-10-13-26-55(48)60-56(42)49)40-32-34-54-50(35-40)44-18-7-6-17-43(44)47-20-9-12-25-53(47)59(54)38-15-4-3-5-16-38/h3-7,9-18,20-31,33-36,40,45,49,51,56H,8,19,32H2,1-2H3. The summed E-state index contributed by atoms with van der Waals surface area (Å²) in [6.45, 7) is 4.95. The van der Waals surface area contributed by atoms with Crippen molar-refractivity contribution in [2.24, 2.45) is 5.92 Å². The van der Waals surface area contributed by atoms with Crippen LogP contribution in [0.15, 0.2) is 199 Å². The van der Waals surface area contributed by atoms with Crippen LogP contribution in [0.3, 0.4) is 0 Å². The lowest BCUT2D eigenvalue weighted by Gasteiger charge is -2.37. The molecular weight excluding hydrogens is 745 g/mol. The summed E-state index contributed by atoms with van der Waals surface area (Å²) >= 11 is 2.02. The number of hydrogen-bond donors (Lipinski definition) is 0. The highest BCUT2D eigenvalue weighted by Gasteiger charge is 2.46. The zero-order valence-electron chi connectivity index (χ0n) is 34.2. The first-order valence-electron chi connectivity index (χ1n) is 21.8. The third kappa shape index (κ3) is 5.55. The highest BCUT2D eigenvalue weighted by atomic mass is 32.2. The summed E-state index contributed by atoms with van der Waals surface area (Å²) in [7, 11) is 0. The van der Waals surface area contributed by atoms with Gasteiger partial charge in [-0.15, -0.1) is 11.8 Å². The second-order valence-corrected chi connectivity index (χ2v) is 19.0. The molecule has 0 bridgehead atoms. The van der Waals surface area contributed by atoms with Crippen LogP contribution < -0.4 is 9.80 Å². The maximum Gasteiger partial charge on any atom is 0.0567 e. The molecule has 0 spiro atoms. The Morgan fingerprint density at radius 1 is 0.700 bits per heavy atom. The Morgan fingerprint density at radius 2 is 1.45 bits per heavy atom. The summed E-state index contributed by atoms with van der Waals surface area (Å²) in [6, 6.07) is 54.9. The zero-order chi connectivity index (χ0) is 40.0. The summed E-state index contributed by atoms with van der Waals surface area (Å²) < 4.78 is 0. The summed E-state index contributed by atoms with van der Waals surface area (Å²) in [5.74, 6) is 1.55. The van der Waals surface area contributed by atoms with E-state index in [1.54, 1.807) is 5.56 Å². The maximum absolute atomic E-state index is 2.64. The van der Waals surface area contributed by atoms with Crippen LogP contribution in [-0.4, -0.2) is 11.3 Å². The van der Waals surface area contributed by atoms with Gasteiger partial charge in [0.05, 0.1) is 11.7 Å². The number of anilines is 4. The second kappa shape index (κ2) is 14.0. The van der Waals surface area contributed by atoms with Crippen LogP contribution in [0.2, 0.25) is 0 Å². The van der Waals surface area contributed by atoms with Crippen LogP contribution in [-0.2, 0) is 5.41 Å². The van der Waals surface area contributed by atoms with E-state index in [9.17, 15) is 0 Å². The minimum Gasteiger partial charge on any atom is -0.334 e. The number of allylic oxidation sites excluding steroid dienone is 6. The molecule has 2 aliphatic heterocycles. The van der Waals surface area contributed by atoms with Gasteiger partial charge in [-0.05, 0) is 124 Å². The summed E-state index contributed by atoms with van der Waals surface area (Å²) in [5.41, 5.74) is 18.5. The number of nitrogens with zero attached hydrogens (tertiary/aromatic N) is 2. The van der Waals surface area contributed by atoms with Crippen LogP contribution in [0, 0.1) is 5.92 Å². The molecular formula is C57H48N2S. The van der Waals surface area contributed by atoms with Crippen LogP contribution in [0.25, 0.3) is 22.3 Å². The van der Waals surface area contributed by atoms with Gasteiger partial charge in [0.1, 0.15) is 0 Å². The Kier molecular flexibility index (Phi) is 8.39. The minimum absolute atomic E-state index is 0.0663. The first-order valence-corrected chi connectivity index (χ1v) is 22.7. The lowest BCUT2D eigenvalue weighted by atomic mass is 9.73. The summed E-state index contributed by atoms with van der Waals surface area (Å²) in [4.78, 5) is 6.54. The molecule has 0 saturated carbocycles. The van der Waals surface area contributed by atoms with E-state index in [2.05, 4.69) is 212 Å². The van der Waals surface area contributed by atoms with Gasteiger partial charge in [-0.3, -0.25) is 0 Å². The SMILES string of the molecule is CC1(C)c2cc(N(c3ccc(C4=CC=CC5c6ccccc6SC45)cc3)C3C=C4C(=CC3)N(c3ccccc3)c3ccccc3-c3ccccc34)ccc2C2CCC=CC21. The molecule has 60 heavy (non-hydrogen) atoms. The van der Waals surface area contributed by atoms with Gasteiger partial charge < -0.3 is 9.80 Å². The van der Waals surface area contributed by atoms with Crippen molar-refractivity contribution in [3.8, 4) is 11.1 Å². The van der Waals surface area contributed by atoms with Gasteiger partial charge in [-0.25, -0.2) is 0 Å². The molecule has 0 saturated heterocycles. The number of rotatable bonds is 5. The van der Waals surface area contributed by atoms with Gasteiger partial charge in [0.25, 0.3) is 0 Å². The number of benzene rings is 6. The molecule has 292 valence electrons. The van der Waals surface area contributed by atoms with Gasteiger partial charge in [0, 0.05) is 50.0 Å². The lowest BCUT2D eigenvalue weighted by molar-refractivity contribution is 0.347. The minimum atomic E-state index is 0.0663. The summed E-state index contributed by atoms with van der Waals surface area (Å²) in [6.07, 6.45) is 20.3. The molecule has 2 heterocycles. The topological polar surface area (TPSA) is 6.48 Å². The fourth-order valence-electron chi connectivity index (χ4n) is 11.5. The highest BCUT2D eigenvalue weighted by molar-refractivity contribution is 8.00. The van der Waals surface area contributed by atoms with E-state index in [1.807, 2.05) is 11.8 Å². The number of para-hydroxylation sites is 2. The smallest absolute Gasteiger partial charge is 0.0567 e. The predicted molar refractivity (Wildman–Crippen MR) is 254 cm³/mol. The molecule has 4 aliphatic carbocycles. The predicted octanol–water partition coefficient (Wildman–Crippen LogP) is 14.9. The first-order chi connectivity index (χ1) is 29.5. The quantitative estimate of drug-likeness (QED) is 0.161. The van der Waals surface area contributed by atoms with Crippen molar-refractivity contribution in [3.63, 3.8) is 0 Å². The first kappa shape index (κ1) is 35.9. The highest BCUT2D eigenvalue weighted by Crippen LogP contribution is 2.57. The fourth-order valence-corrected chi connectivity index (χ4v) is 13.0. The Bertz CT molecular complexity index is 2840. The third-order valence-electron chi connectivity index (χ3n) is 14.3. The maximum atomic E-state index is 2.64. The van der Waals surface area contributed by atoms with Crippen LogP contribution >= 0.6 is 11.8 Å². The van der Waals surface area contributed by atoms with E-state index in [0.29, 0.717) is 23.0 Å². The molecule has 6 aliphatic rings. The van der Waals surface area contributed by atoms with Crippen molar-refractivity contribution < 1.29 is 0 Å². The van der Waals surface area contributed by atoms with Crippen LogP contribution in [0.1, 0.15) is 72.8 Å². The van der Waals surface area contributed by atoms with Crippen molar-refractivity contribution >= 4 is 45.7 Å². The van der Waals surface area contributed by atoms with Crippen molar-refractivity contribution in [2.75, 3.05) is 9.80 Å². The average molecular weight is 793 g/mol. The van der Waals surface area contributed by atoms with Gasteiger partial charge in [-0.2, -0.15) is 0 Å². The van der Waals surface area contributed by atoms with Crippen LogP contribution in [0.4, 0.5) is 22.7 Å². The fraction of sp³-hybridized carbons (Fsp3) is 0.193. The molecule has 0 fully saturated rings. The van der Waals surface area contributed by atoms with E-state index in [1.165, 1.54) is 90.7 Å². The molecule has 6 aromatic rings. The Labute approximate surface area is 359 Å². The van der Waals surface area contributed by atoms with E-state index in [0.717, 1.165) is 6.42 Å². The third-order valence-corrected chi connectivity index (χ3v) is 15.8. The van der Waals surface area contributed by atoms with E-state index in [4.69, 9.17) is 0 Å². The molecule has 5 unspecified atom stereocenters. The Hall–Kier alpha value is -6.03. The average Bonchev–Trinajstić information content (AvgIpc) is 3.75. The molecule has 0 aromatic heterocycles. The monoisotopic (exact) mass is 792 g/mol. The molecule has 0 radical (unpaired) electrons. The van der Waals surface area contributed by atoms with Gasteiger partial charge in [0.2, 0.25) is 0 Å². The van der Waals surface area contributed by atoms with Gasteiger partial charge in [-0.1, -0.05) is 153 Å². The van der Waals surface area contributed by atoms with Gasteiger partial charge in [0.15, 0.2) is 0 Å². The van der Waals surface area contributed by atoms with Crippen molar-refractivity contribution in [1.82, 2.24) is 0 Å². The van der Waals surface area contributed by atoms with Crippen molar-refractivity contribution in [3.05, 3.63) is 222 Å². The molecule has 12 rings (SSSR count). The molecule has 3 heteroatoms. The van der Waals surface area contributed by atoms with E-state index < -0.39 is 0 Å². The zero-order valence-corrected chi connectivity index (χ0v) is 35.0. The lowest BCUT2D eigenvalue weighted by Crippen LogP contribution is -2.32. The number of hydrogen-bond acceptors (Lipinski definition) is 3. The molecule has 5 atom stereocenters. The van der Waals surface area contributed by atoms with Crippen LogP contribution in [0.5, 0.6) is 0 Å². The normalized spacial score (nSPS) is 23.7. The Morgan fingerprint density at radius 3 is 2.32 bits per heavy atom. The molecule has 0 amide bonds. The molecule has 6 aromatic carbocycles. The molecule has 0 N–H and O–H groups in total. The number of thioether (sulfide) groups is 1. The van der Waals surface area contributed by atoms with Gasteiger partial charge >= 0.3 is 0 Å². The largest absolute Gasteiger partial charge is 0.334 e.